The number of hydrogen-bond donors (Lipinski definition) is 2. The third kappa shape index (κ3) is 7.30. The van der Waals surface area contributed by atoms with Gasteiger partial charge in [-0.15, -0.1) is 0 Å². The Bertz CT molecular complexity index is 984. The largest absolute Gasteiger partial charge is 0.492 e. The van der Waals surface area contributed by atoms with E-state index in [0.29, 0.717) is 63.1 Å². The molecule has 1 aliphatic heterocycles. The Balaban J connectivity index is 1.51. The summed E-state index contributed by atoms with van der Waals surface area (Å²) in [6.45, 7) is 12.5. The van der Waals surface area contributed by atoms with Gasteiger partial charge in [0.05, 0.1) is 13.2 Å². The van der Waals surface area contributed by atoms with Gasteiger partial charge >= 0.3 is 0 Å². The SMILES string of the molecule is CCN(CC)CCOc1ccccc1CNC(=O)CCc1c(C)nc(N2CCOCC2)[nH]c1=O. The number of para-hydroxylation sites is 1. The minimum absolute atomic E-state index is 0.117. The fraction of sp³-hybridized carbons (Fsp3) is 0.560. The Kier molecular flexibility index (Phi) is 9.90. The number of H-pyrrole nitrogens is 1. The molecule has 9 heteroatoms. The lowest BCUT2D eigenvalue weighted by Gasteiger charge is -2.27. The Morgan fingerprint density at radius 1 is 1.24 bits per heavy atom. The third-order valence-corrected chi connectivity index (χ3v) is 6.13. The van der Waals surface area contributed by atoms with Crippen molar-refractivity contribution in [3.63, 3.8) is 0 Å². The summed E-state index contributed by atoms with van der Waals surface area (Å²) in [5.74, 6) is 1.23. The molecule has 2 N–H and O–H groups in total. The molecule has 186 valence electrons. The van der Waals surface area contributed by atoms with Gasteiger partial charge < -0.3 is 24.6 Å². The van der Waals surface area contributed by atoms with Crippen molar-refractivity contribution < 1.29 is 14.3 Å². The van der Waals surface area contributed by atoms with E-state index in [1.54, 1.807) is 0 Å². The number of morpholine rings is 1. The average molecular weight is 472 g/mol. The summed E-state index contributed by atoms with van der Waals surface area (Å²) < 4.78 is 11.3. The second-order valence-corrected chi connectivity index (χ2v) is 8.31. The molecule has 0 spiro atoms. The molecule has 1 aromatic heterocycles. The molecular formula is C25H37N5O4. The molecule has 0 saturated carbocycles. The van der Waals surface area contributed by atoms with E-state index >= 15 is 0 Å². The summed E-state index contributed by atoms with van der Waals surface area (Å²) in [7, 11) is 0. The second kappa shape index (κ2) is 13.1. The van der Waals surface area contributed by atoms with Crippen molar-refractivity contribution in [3.8, 4) is 5.75 Å². The van der Waals surface area contributed by atoms with Gasteiger partial charge in [-0.3, -0.25) is 14.6 Å². The molecule has 0 aliphatic carbocycles. The van der Waals surface area contributed by atoms with Gasteiger partial charge in [0.25, 0.3) is 5.56 Å². The molecule has 3 rings (SSSR count). The number of aryl methyl sites for hydroxylation is 1. The monoisotopic (exact) mass is 471 g/mol. The number of carbonyl (C=O) groups is 1. The summed E-state index contributed by atoms with van der Waals surface area (Å²) in [4.78, 5) is 36.9. The average Bonchev–Trinajstić information content (AvgIpc) is 2.86. The number of carbonyl (C=O) groups excluding carboxylic acids is 1. The van der Waals surface area contributed by atoms with E-state index in [-0.39, 0.29) is 17.9 Å². The maximum Gasteiger partial charge on any atom is 0.255 e. The van der Waals surface area contributed by atoms with Crippen LogP contribution in [0.1, 0.15) is 37.1 Å². The number of aromatic amines is 1. The molecule has 2 aromatic rings. The van der Waals surface area contributed by atoms with Crippen LogP contribution in [-0.2, 0) is 22.5 Å². The lowest BCUT2D eigenvalue weighted by Crippen LogP contribution is -2.38. The van der Waals surface area contributed by atoms with Crippen LogP contribution in [0.25, 0.3) is 0 Å². The molecule has 1 saturated heterocycles. The van der Waals surface area contributed by atoms with Crippen molar-refractivity contribution in [3.05, 3.63) is 51.4 Å². The number of rotatable bonds is 12. The molecule has 0 atom stereocenters. The van der Waals surface area contributed by atoms with Gasteiger partial charge in [-0.05, 0) is 32.5 Å². The number of ether oxygens (including phenoxy) is 2. The van der Waals surface area contributed by atoms with Crippen LogP contribution >= 0.6 is 0 Å². The lowest BCUT2D eigenvalue weighted by atomic mass is 10.1. The minimum atomic E-state index is -0.186. The maximum atomic E-state index is 12.6. The Labute approximate surface area is 201 Å². The Morgan fingerprint density at radius 3 is 2.68 bits per heavy atom. The second-order valence-electron chi connectivity index (χ2n) is 8.31. The zero-order valence-corrected chi connectivity index (χ0v) is 20.6. The zero-order chi connectivity index (χ0) is 24.3. The van der Waals surface area contributed by atoms with Crippen molar-refractivity contribution in [2.45, 2.75) is 40.2 Å². The topological polar surface area (TPSA) is 99.8 Å². The van der Waals surface area contributed by atoms with Gasteiger partial charge in [-0.25, -0.2) is 4.98 Å². The Hall–Kier alpha value is -2.91. The van der Waals surface area contributed by atoms with Crippen LogP contribution in [0, 0.1) is 6.92 Å². The van der Waals surface area contributed by atoms with Crippen LogP contribution in [0.2, 0.25) is 0 Å². The maximum absolute atomic E-state index is 12.6. The highest BCUT2D eigenvalue weighted by Crippen LogP contribution is 2.18. The number of aromatic nitrogens is 2. The number of nitrogens with zero attached hydrogens (tertiary/aromatic N) is 3. The highest BCUT2D eigenvalue weighted by Gasteiger charge is 2.17. The van der Waals surface area contributed by atoms with Crippen LogP contribution in [-0.4, -0.2) is 73.3 Å². The summed E-state index contributed by atoms with van der Waals surface area (Å²) in [5, 5.41) is 2.95. The van der Waals surface area contributed by atoms with E-state index in [1.807, 2.05) is 36.1 Å². The highest BCUT2D eigenvalue weighted by molar-refractivity contribution is 5.76. The fourth-order valence-corrected chi connectivity index (χ4v) is 3.95. The number of hydrogen-bond acceptors (Lipinski definition) is 7. The van der Waals surface area contributed by atoms with Crippen molar-refractivity contribution >= 4 is 11.9 Å². The molecule has 1 fully saturated rings. The standard InChI is InChI=1S/C25H37N5O4/c1-4-29(5-2)12-17-34-22-9-7-6-8-20(22)18-26-23(31)11-10-21-19(3)27-25(28-24(21)32)30-13-15-33-16-14-30/h6-9H,4-5,10-18H2,1-3H3,(H,26,31)(H,27,28,32). The van der Waals surface area contributed by atoms with Crippen LogP contribution in [0.15, 0.2) is 29.1 Å². The first-order chi connectivity index (χ1) is 16.5. The van der Waals surface area contributed by atoms with E-state index in [4.69, 9.17) is 9.47 Å². The highest BCUT2D eigenvalue weighted by atomic mass is 16.5. The van der Waals surface area contributed by atoms with E-state index < -0.39 is 0 Å². The number of anilines is 1. The van der Waals surface area contributed by atoms with Gasteiger partial charge in [0.2, 0.25) is 11.9 Å². The number of benzene rings is 1. The van der Waals surface area contributed by atoms with Crippen molar-refractivity contribution in [1.82, 2.24) is 20.2 Å². The van der Waals surface area contributed by atoms with Gasteiger partial charge in [0.15, 0.2) is 0 Å². The smallest absolute Gasteiger partial charge is 0.255 e. The van der Waals surface area contributed by atoms with Gasteiger partial charge in [-0.1, -0.05) is 32.0 Å². The van der Waals surface area contributed by atoms with Crippen LogP contribution in [0.3, 0.4) is 0 Å². The van der Waals surface area contributed by atoms with Crippen LogP contribution in [0.4, 0.5) is 5.95 Å². The van der Waals surface area contributed by atoms with Crippen LogP contribution < -0.4 is 20.5 Å². The molecule has 1 aromatic carbocycles. The normalized spacial score (nSPS) is 13.8. The first-order valence-electron chi connectivity index (χ1n) is 12.1. The molecule has 1 aliphatic rings. The summed E-state index contributed by atoms with van der Waals surface area (Å²) in [6, 6.07) is 7.74. The molecule has 0 bridgehead atoms. The zero-order valence-electron chi connectivity index (χ0n) is 20.6. The fourth-order valence-electron chi connectivity index (χ4n) is 3.95. The van der Waals surface area contributed by atoms with Crippen molar-refractivity contribution in [2.75, 3.05) is 57.4 Å². The lowest BCUT2D eigenvalue weighted by molar-refractivity contribution is -0.121. The predicted octanol–water partition coefficient (Wildman–Crippen LogP) is 1.88. The van der Waals surface area contributed by atoms with Gasteiger partial charge in [-0.2, -0.15) is 0 Å². The third-order valence-electron chi connectivity index (χ3n) is 6.13. The molecule has 0 radical (unpaired) electrons. The minimum Gasteiger partial charge on any atom is -0.492 e. The first kappa shape index (κ1) is 25.7. The molecule has 9 nitrogen and oxygen atoms in total. The number of amides is 1. The van der Waals surface area contributed by atoms with Crippen molar-refractivity contribution in [1.29, 1.82) is 0 Å². The van der Waals surface area contributed by atoms with Crippen LogP contribution in [0.5, 0.6) is 5.75 Å². The summed E-state index contributed by atoms with van der Waals surface area (Å²) in [6.07, 6.45) is 0.554. The first-order valence-corrected chi connectivity index (χ1v) is 12.1. The quantitative estimate of drug-likeness (QED) is 0.488. The molecule has 0 unspecified atom stereocenters. The summed E-state index contributed by atoms with van der Waals surface area (Å²) >= 11 is 0. The van der Waals surface area contributed by atoms with E-state index in [1.165, 1.54) is 0 Å². The van der Waals surface area contributed by atoms with E-state index in [2.05, 4.69) is 34.0 Å². The molecule has 2 heterocycles. The van der Waals surface area contributed by atoms with Gasteiger partial charge in [0.1, 0.15) is 12.4 Å². The van der Waals surface area contributed by atoms with E-state index in [0.717, 1.165) is 30.9 Å². The van der Waals surface area contributed by atoms with Gasteiger partial charge in [0, 0.05) is 49.4 Å². The molecule has 1 amide bonds. The van der Waals surface area contributed by atoms with Crippen molar-refractivity contribution in [2.24, 2.45) is 0 Å². The van der Waals surface area contributed by atoms with E-state index in [9.17, 15) is 9.59 Å². The Morgan fingerprint density at radius 2 is 1.97 bits per heavy atom. The number of nitrogens with one attached hydrogen (secondary N) is 2. The molecular weight excluding hydrogens is 434 g/mol. The predicted molar refractivity (Wildman–Crippen MR) is 133 cm³/mol. The number of likely N-dealkylation sites (N-methyl/N-ethyl adjacent to an activating group) is 1. The summed E-state index contributed by atoms with van der Waals surface area (Å²) in [5.41, 5.74) is 1.95. The molecule has 34 heavy (non-hydrogen) atoms.